The minimum absolute atomic E-state index is 0.330. The van der Waals surface area contributed by atoms with Gasteiger partial charge in [0, 0.05) is 6.20 Å². The number of hydrogen-bond donors (Lipinski definition) is 0. The molecule has 4 heteroatoms. The van der Waals surface area contributed by atoms with Crippen LogP contribution in [0.1, 0.15) is 16.8 Å². The predicted octanol–water partition coefficient (Wildman–Crippen LogP) is 3.62. The van der Waals surface area contributed by atoms with E-state index in [0.29, 0.717) is 17.5 Å². The second kappa shape index (κ2) is 5.15. The summed E-state index contributed by atoms with van der Waals surface area (Å²) in [6.07, 6.45) is 3.20. The van der Waals surface area contributed by atoms with Crippen molar-refractivity contribution >= 4 is 11.6 Å². The van der Waals surface area contributed by atoms with Crippen LogP contribution in [0.5, 0.6) is 11.6 Å². The van der Waals surface area contributed by atoms with Crippen LogP contribution in [-0.4, -0.2) is 9.97 Å². The fraction of sp³-hybridized carbons (Fsp3) is 0.231. The van der Waals surface area contributed by atoms with Gasteiger partial charge in [-0.2, -0.15) is 0 Å². The summed E-state index contributed by atoms with van der Waals surface area (Å²) in [5.74, 6) is 1.55. The zero-order valence-electron chi connectivity index (χ0n) is 9.77. The molecule has 0 aliphatic heterocycles. The molecule has 0 aliphatic rings. The van der Waals surface area contributed by atoms with E-state index < -0.39 is 0 Å². The van der Waals surface area contributed by atoms with E-state index in [1.54, 1.807) is 12.4 Å². The molecular weight excluding hydrogens is 236 g/mol. The summed E-state index contributed by atoms with van der Waals surface area (Å²) in [7, 11) is 0. The normalized spacial score (nSPS) is 10.3. The van der Waals surface area contributed by atoms with Crippen LogP contribution < -0.4 is 4.74 Å². The van der Waals surface area contributed by atoms with Crippen molar-refractivity contribution in [2.24, 2.45) is 0 Å². The first-order valence-electron chi connectivity index (χ1n) is 5.31. The summed E-state index contributed by atoms with van der Waals surface area (Å²) in [5, 5.41) is 0. The standard InChI is InChI=1S/C13H13ClN2O/c1-9-3-4-12(5-10(9)2)17-13-8-15-7-11(6-14)16-13/h3-5,7-8H,6H2,1-2H3. The van der Waals surface area contributed by atoms with E-state index in [9.17, 15) is 0 Å². The van der Waals surface area contributed by atoms with Gasteiger partial charge in [-0.25, -0.2) is 4.98 Å². The highest BCUT2D eigenvalue weighted by Crippen LogP contribution is 2.21. The predicted molar refractivity (Wildman–Crippen MR) is 67.6 cm³/mol. The number of ether oxygens (including phenoxy) is 1. The van der Waals surface area contributed by atoms with E-state index in [1.165, 1.54) is 11.1 Å². The molecule has 0 radical (unpaired) electrons. The molecule has 0 saturated heterocycles. The molecule has 0 atom stereocenters. The Morgan fingerprint density at radius 1 is 1.18 bits per heavy atom. The molecule has 1 aromatic heterocycles. The van der Waals surface area contributed by atoms with Crippen molar-refractivity contribution in [1.82, 2.24) is 9.97 Å². The summed E-state index contributed by atoms with van der Waals surface area (Å²) >= 11 is 5.69. The lowest BCUT2D eigenvalue weighted by molar-refractivity contribution is 0.458. The fourth-order valence-electron chi connectivity index (χ4n) is 1.40. The van der Waals surface area contributed by atoms with Crippen LogP contribution in [0.2, 0.25) is 0 Å². The van der Waals surface area contributed by atoms with E-state index in [0.717, 1.165) is 5.75 Å². The number of nitrogens with zero attached hydrogens (tertiary/aromatic N) is 2. The third-order valence-corrected chi connectivity index (χ3v) is 2.77. The van der Waals surface area contributed by atoms with Gasteiger partial charge in [-0.05, 0) is 37.1 Å². The first-order valence-corrected chi connectivity index (χ1v) is 5.84. The number of halogens is 1. The zero-order chi connectivity index (χ0) is 12.3. The molecule has 3 nitrogen and oxygen atoms in total. The lowest BCUT2D eigenvalue weighted by Gasteiger charge is -2.07. The Morgan fingerprint density at radius 2 is 2.00 bits per heavy atom. The average molecular weight is 249 g/mol. The number of rotatable bonds is 3. The SMILES string of the molecule is Cc1ccc(Oc2cncc(CCl)n2)cc1C. The lowest BCUT2D eigenvalue weighted by atomic mass is 10.1. The van der Waals surface area contributed by atoms with Crippen molar-refractivity contribution in [3.8, 4) is 11.6 Å². The maximum absolute atomic E-state index is 5.69. The molecule has 17 heavy (non-hydrogen) atoms. The largest absolute Gasteiger partial charge is 0.437 e. The van der Waals surface area contributed by atoms with Crippen molar-refractivity contribution in [2.45, 2.75) is 19.7 Å². The van der Waals surface area contributed by atoms with Crippen molar-refractivity contribution < 1.29 is 4.74 Å². The molecule has 2 aromatic rings. The highest BCUT2D eigenvalue weighted by atomic mass is 35.5. The molecule has 0 aliphatic carbocycles. The number of aryl methyl sites for hydroxylation is 2. The van der Waals surface area contributed by atoms with Crippen LogP contribution in [0.3, 0.4) is 0 Å². The van der Waals surface area contributed by atoms with E-state index >= 15 is 0 Å². The number of alkyl halides is 1. The summed E-state index contributed by atoms with van der Waals surface area (Å²) in [4.78, 5) is 8.24. The van der Waals surface area contributed by atoms with Gasteiger partial charge in [0.15, 0.2) is 0 Å². The lowest BCUT2D eigenvalue weighted by Crippen LogP contribution is -1.93. The topological polar surface area (TPSA) is 35.0 Å². The molecule has 0 bridgehead atoms. The van der Waals surface area contributed by atoms with Crippen molar-refractivity contribution in [1.29, 1.82) is 0 Å². The van der Waals surface area contributed by atoms with E-state index in [4.69, 9.17) is 16.3 Å². The van der Waals surface area contributed by atoms with E-state index in [-0.39, 0.29) is 0 Å². The Morgan fingerprint density at radius 3 is 2.71 bits per heavy atom. The van der Waals surface area contributed by atoms with Gasteiger partial charge in [0.05, 0.1) is 17.8 Å². The van der Waals surface area contributed by atoms with Gasteiger partial charge in [0.25, 0.3) is 0 Å². The maximum atomic E-state index is 5.69. The van der Waals surface area contributed by atoms with Gasteiger partial charge in [-0.1, -0.05) is 6.07 Å². The fourth-order valence-corrected chi connectivity index (χ4v) is 1.53. The molecular formula is C13H13ClN2O. The molecule has 1 aromatic carbocycles. The highest BCUT2D eigenvalue weighted by molar-refractivity contribution is 6.16. The molecule has 0 amide bonds. The van der Waals surface area contributed by atoms with Crippen LogP contribution in [0, 0.1) is 13.8 Å². The highest BCUT2D eigenvalue weighted by Gasteiger charge is 2.02. The Balaban J connectivity index is 2.22. The number of hydrogen-bond acceptors (Lipinski definition) is 3. The smallest absolute Gasteiger partial charge is 0.238 e. The molecule has 0 spiro atoms. The van der Waals surface area contributed by atoms with Gasteiger partial charge in [0.2, 0.25) is 5.88 Å². The molecule has 2 rings (SSSR count). The summed E-state index contributed by atoms with van der Waals surface area (Å²) < 4.78 is 5.62. The van der Waals surface area contributed by atoms with Crippen molar-refractivity contribution in [3.05, 3.63) is 47.4 Å². The monoisotopic (exact) mass is 248 g/mol. The van der Waals surface area contributed by atoms with Crippen LogP contribution in [0.25, 0.3) is 0 Å². The molecule has 1 heterocycles. The Kier molecular flexibility index (Phi) is 3.59. The summed E-state index contributed by atoms with van der Waals surface area (Å²) in [6.45, 7) is 4.11. The van der Waals surface area contributed by atoms with Gasteiger partial charge in [-0.3, -0.25) is 4.98 Å². The molecule has 88 valence electrons. The Bertz CT molecular complexity index is 529. The molecule has 0 N–H and O–H groups in total. The van der Waals surface area contributed by atoms with Crippen LogP contribution >= 0.6 is 11.6 Å². The quantitative estimate of drug-likeness (QED) is 0.778. The summed E-state index contributed by atoms with van der Waals surface area (Å²) in [5.41, 5.74) is 3.12. The van der Waals surface area contributed by atoms with Gasteiger partial charge in [-0.15, -0.1) is 11.6 Å². The molecule has 0 fully saturated rings. The minimum Gasteiger partial charge on any atom is -0.437 e. The van der Waals surface area contributed by atoms with Gasteiger partial charge >= 0.3 is 0 Å². The number of aromatic nitrogens is 2. The molecule has 0 unspecified atom stereocenters. The van der Waals surface area contributed by atoms with Crippen molar-refractivity contribution in [2.75, 3.05) is 0 Å². The molecule has 0 saturated carbocycles. The Labute approximate surface area is 105 Å². The summed E-state index contributed by atoms with van der Waals surface area (Å²) in [6, 6.07) is 5.91. The minimum atomic E-state index is 0.330. The zero-order valence-corrected chi connectivity index (χ0v) is 10.5. The Hall–Kier alpha value is -1.61. The second-order valence-electron chi connectivity index (χ2n) is 3.83. The van der Waals surface area contributed by atoms with E-state index in [2.05, 4.69) is 16.9 Å². The third-order valence-electron chi connectivity index (χ3n) is 2.50. The second-order valence-corrected chi connectivity index (χ2v) is 4.10. The first kappa shape index (κ1) is 11.9. The van der Waals surface area contributed by atoms with E-state index in [1.807, 2.05) is 25.1 Å². The first-order chi connectivity index (χ1) is 8.19. The van der Waals surface area contributed by atoms with Crippen LogP contribution in [0.15, 0.2) is 30.6 Å². The van der Waals surface area contributed by atoms with Crippen LogP contribution in [-0.2, 0) is 5.88 Å². The maximum Gasteiger partial charge on any atom is 0.238 e. The average Bonchev–Trinajstić information content (AvgIpc) is 2.34. The van der Waals surface area contributed by atoms with Gasteiger partial charge < -0.3 is 4.74 Å². The van der Waals surface area contributed by atoms with Gasteiger partial charge in [0.1, 0.15) is 5.75 Å². The van der Waals surface area contributed by atoms with Crippen molar-refractivity contribution in [3.63, 3.8) is 0 Å². The number of benzene rings is 1. The third kappa shape index (κ3) is 2.94. The van der Waals surface area contributed by atoms with Crippen LogP contribution in [0.4, 0.5) is 0 Å².